The third kappa shape index (κ3) is 8.98. The van der Waals surface area contributed by atoms with Gasteiger partial charge in [0.1, 0.15) is 48.5 Å². The predicted molar refractivity (Wildman–Crippen MR) is 150 cm³/mol. The number of carbonyl (C=O) groups is 2. The van der Waals surface area contributed by atoms with Gasteiger partial charge in [-0.25, -0.2) is 4.57 Å². The molecule has 14 heteroatoms. The summed E-state index contributed by atoms with van der Waals surface area (Å²) < 4.78 is 42.1. The summed E-state index contributed by atoms with van der Waals surface area (Å²) in [5.74, 6) is -1.16. The molecule has 0 bridgehead atoms. The van der Waals surface area contributed by atoms with Crippen LogP contribution in [0.4, 0.5) is 0 Å². The summed E-state index contributed by atoms with van der Waals surface area (Å²) in [4.78, 5) is 25.0. The number of amides is 1. The minimum atomic E-state index is -4.61. The number of rotatable bonds is 14. The van der Waals surface area contributed by atoms with Gasteiger partial charge in [0, 0.05) is 6.92 Å². The van der Waals surface area contributed by atoms with Crippen molar-refractivity contribution >= 4 is 19.6 Å². The maximum Gasteiger partial charge on any atom is 0.459 e. The summed E-state index contributed by atoms with van der Waals surface area (Å²) in [7, 11) is -3.14. The van der Waals surface area contributed by atoms with Crippen LogP contribution in [0.3, 0.4) is 0 Å². The van der Waals surface area contributed by atoms with Crippen LogP contribution in [0.5, 0.6) is 11.5 Å². The zero-order valence-corrected chi connectivity index (χ0v) is 24.8. The number of benzene rings is 2. The lowest BCUT2D eigenvalue weighted by Crippen LogP contribution is -2.64. The van der Waals surface area contributed by atoms with E-state index in [0.717, 1.165) is 5.56 Å². The van der Waals surface area contributed by atoms with Crippen LogP contribution in [-0.2, 0) is 34.8 Å². The fourth-order valence-corrected chi connectivity index (χ4v) is 6.09. The fourth-order valence-electron chi connectivity index (χ4n) is 4.25. The quantitative estimate of drug-likeness (QED) is 0.155. The van der Waals surface area contributed by atoms with E-state index >= 15 is 0 Å². The van der Waals surface area contributed by atoms with Gasteiger partial charge in [0.2, 0.25) is 5.91 Å². The molecule has 0 radical (unpaired) electrons. The second-order valence-corrected chi connectivity index (χ2v) is 11.5. The number of hydrogen-bond acceptors (Lipinski definition) is 11. The van der Waals surface area contributed by atoms with Gasteiger partial charge in [-0.15, -0.1) is 0 Å². The van der Waals surface area contributed by atoms with E-state index in [4.69, 9.17) is 23.3 Å². The minimum absolute atomic E-state index is 0.0309. The lowest BCUT2D eigenvalue weighted by Gasteiger charge is -2.43. The summed E-state index contributed by atoms with van der Waals surface area (Å²) in [6.45, 7) is 3.97. The Morgan fingerprint density at radius 1 is 1.07 bits per heavy atom. The molecule has 42 heavy (non-hydrogen) atoms. The maximum absolute atomic E-state index is 14.4. The number of nitrogens with one attached hydrogen (secondary N) is 2. The number of esters is 1. The normalized spacial score (nSPS) is 25.0. The third-order valence-electron chi connectivity index (χ3n) is 6.78. The van der Waals surface area contributed by atoms with Crippen LogP contribution in [0.2, 0.25) is 0 Å². The van der Waals surface area contributed by atoms with Crippen molar-refractivity contribution in [2.45, 2.75) is 70.5 Å². The maximum atomic E-state index is 14.4. The molecule has 1 amide bonds. The van der Waals surface area contributed by atoms with Crippen molar-refractivity contribution in [3.8, 4) is 11.5 Å². The highest BCUT2D eigenvalue weighted by atomic mass is 31.2. The van der Waals surface area contributed by atoms with Gasteiger partial charge in [-0.3, -0.25) is 14.1 Å². The van der Waals surface area contributed by atoms with E-state index in [1.165, 1.54) is 26.2 Å². The van der Waals surface area contributed by atoms with Gasteiger partial charge in [0.15, 0.2) is 6.29 Å². The molecule has 1 heterocycles. The summed E-state index contributed by atoms with van der Waals surface area (Å²) in [5, 5.41) is 36.3. The highest BCUT2D eigenvalue weighted by Gasteiger charge is 2.50. The van der Waals surface area contributed by atoms with Gasteiger partial charge >= 0.3 is 13.7 Å². The molecule has 1 saturated heterocycles. The van der Waals surface area contributed by atoms with E-state index < -0.39 is 68.8 Å². The van der Waals surface area contributed by atoms with Crippen molar-refractivity contribution in [1.82, 2.24) is 10.4 Å². The van der Waals surface area contributed by atoms with Crippen molar-refractivity contribution < 1.29 is 52.7 Å². The molecule has 13 nitrogen and oxygen atoms in total. The second kappa shape index (κ2) is 15.4. The average Bonchev–Trinajstić information content (AvgIpc) is 2.98. The number of carbonyl (C=O) groups excluding carboxylic acids is 2. The van der Waals surface area contributed by atoms with E-state index in [1.54, 1.807) is 43.3 Å². The SMILES string of the molecule is CCC(C)C(NP(=O)(Oc1ccc(OC)cc1)O[C@H]1[C@H](O)[C@@H](NC(C)=O)[C@@H](O)O[C@@H]1CO)C(=O)OCc1ccccc1. The summed E-state index contributed by atoms with van der Waals surface area (Å²) in [6.07, 6.45) is -5.87. The Bertz CT molecular complexity index is 1200. The van der Waals surface area contributed by atoms with Crippen LogP contribution in [0.1, 0.15) is 32.8 Å². The van der Waals surface area contributed by atoms with Gasteiger partial charge in [-0.1, -0.05) is 50.6 Å². The predicted octanol–water partition coefficient (Wildman–Crippen LogP) is 1.89. The molecular formula is C28H39N2O11P. The molecular weight excluding hydrogens is 571 g/mol. The van der Waals surface area contributed by atoms with Crippen molar-refractivity contribution in [1.29, 1.82) is 0 Å². The van der Waals surface area contributed by atoms with Gasteiger partial charge in [0.05, 0.1) is 13.7 Å². The second-order valence-electron chi connectivity index (χ2n) is 9.88. The molecule has 0 saturated carbocycles. The summed E-state index contributed by atoms with van der Waals surface area (Å²) in [6, 6.07) is 12.5. The molecule has 5 N–H and O–H groups in total. The Hall–Kier alpha value is -3.03. The Balaban J connectivity index is 1.94. The third-order valence-corrected chi connectivity index (χ3v) is 8.34. The molecule has 0 aromatic heterocycles. The Morgan fingerprint density at radius 3 is 2.29 bits per heavy atom. The van der Waals surface area contributed by atoms with Crippen molar-refractivity contribution in [3.63, 3.8) is 0 Å². The van der Waals surface area contributed by atoms with E-state index in [2.05, 4.69) is 10.4 Å². The number of ether oxygens (including phenoxy) is 3. The first-order valence-corrected chi connectivity index (χ1v) is 15.0. The molecule has 1 aliphatic heterocycles. The lowest BCUT2D eigenvalue weighted by atomic mass is 9.97. The molecule has 1 aliphatic rings. The van der Waals surface area contributed by atoms with Crippen LogP contribution in [0.15, 0.2) is 54.6 Å². The van der Waals surface area contributed by atoms with Crippen LogP contribution in [0, 0.1) is 5.92 Å². The van der Waals surface area contributed by atoms with E-state index in [-0.39, 0.29) is 12.4 Å². The first kappa shape index (κ1) is 33.5. The standard InChI is InChI=1S/C28H39N2O11P/c1-5-17(2)23(27(34)38-16-19-9-7-6-8-10-19)30-42(36,40-21-13-11-20(37-4)12-14-21)41-26-22(15-31)39-28(35)24(25(26)33)29-18(3)32/h6-14,17,22-26,28,31,33,35H,5,15-16H2,1-4H3,(H,29,32)(H,30,36)/t17?,22-,23?,24-,25-,26-,28+,42?/m1/s1. The first-order chi connectivity index (χ1) is 20.0. The Kier molecular flexibility index (Phi) is 12.3. The summed E-state index contributed by atoms with van der Waals surface area (Å²) in [5.41, 5.74) is 0.749. The molecule has 2 aromatic rings. The van der Waals surface area contributed by atoms with E-state index in [1.807, 2.05) is 13.0 Å². The molecule has 3 rings (SSSR count). The molecule has 0 spiro atoms. The van der Waals surface area contributed by atoms with E-state index in [0.29, 0.717) is 12.2 Å². The van der Waals surface area contributed by atoms with Crippen LogP contribution in [-0.4, -0.2) is 77.6 Å². The molecule has 1 fully saturated rings. The molecule has 0 aliphatic carbocycles. The lowest BCUT2D eigenvalue weighted by molar-refractivity contribution is -0.249. The number of methoxy groups -OCH3 is 1. The topological polar surface area (TPSA) is 182 Å². The largest absolute Gasteiger partial charge is 0.497 e. The van der Waals surface area contributed by atoms with E-state index in [9.17, 15) is 29.5 Å². The Morgan fingerprint density at radius 2 is 1.71 bits per heavy atom. The smallest absolute Gasteiger partial charge is 0.459 e. The van der Waals surface area contributed by atoms with Gasteiger partial charge < -0.3 is 39.4 Å². The molecule has 2 aromatic carbocycles. The minimum Gasteiger partial charge on any atom is -0.497 e. The van der Waals surface area contributed by atoms with Crippen molar-refractivity contribution in [2.24, 2.45) is 5.92 Å². The highest BCUT2D eigenvalue weighted by Crippen LogP contribution is 2.49. The van der Waals surface area contributed by atoms with Crippen molar-refractivity contribution in [2.75, 3.05) is 13.7 Å². The highest BCUT2D eigenvalue weighted by molar-refractivity contribution is 7.52. The van der Waals surface area contributed by atoms with Crippen molar-refractivity contribution in [3.05, 3.63) is 60.2 Å². The van der Waals surface area contributed by atoms with Crippen LogP contribution < -0.4 is 19.7 Å². The average molecular weight is 611 g/mol. The van der Waals surface area contributed by atoms with Crippen LogP contribution >= 0.6 is 7.75 Å². The number of aliphatic hydroxyl groups excluding tert-OH is 3. The summed E-state index contributed by atoms with van der Waals surface area (Å²) >= 11 is 0. The molecule has 232 valence electrons. The van der Waals surface area contributed by atoms with Gasteiger partial charge in [-0.2, -0.15) is 5.09 Å². The first-order valence-electron chi connectivity index (χ1n) is 13.5. The van der Waals surface area contributed by atoms with Gasteiger partial charge in [-0.05, 0) is 35.7 Å². The number of hydrogen-bond donors (Lipinski definition) is 5. The number of aliphatic hydroxyl groups is 3. The Labute approximate surface area is 244 Å². The van der Waals surface area contributed by atoms with Gasteiger partial charge in [0.25, 0.3) is 0 Å². The zero-order valence-electron chi connectivity index (χ0n) is 23.9. The zero-order chi connectivity index (χ0) is 30.9. The monoisotopic (exact) mass is 610 g/mol. The van der Waals surface area contributed by atoms with Crippen LogP contribution in [0.25, 0.3) is 0 Å². The molecule has 8 atom stereocenters. The molecule has 3 unspecified atom stereocenters. The fraction of sp³-hybridized carbons (Fsp3) is 0.500.